The molecule has 3 rings (SSSR count). The molecular formula is C23H22ClN3O3. The van der Waals surface area contributed by atoms with Gasteiger partial charge in [0, 0.05) is 23.3 Å². The Morgan fingerprint density at radius 1 is 1.00 bits per heavy atom. The van der Waals surface area contributed by atoms with Gasteiger partial charge in [-0.2, -0.15) is 0 Å². The molecule has 2 amide bonds. The van der Waals surface area contributed by atoms with Crippen LogP contribution in [0.3, 0.4) is 0 Å². The molecular weight excluding hydrogens is 402 g/mol. The summed E-state index contributed by atoms with van der Waals surface area (Å²) in [6, 6.07) is 19.0. The van der Waals surface area contributed by atoms with Gasteiger partial charge in [0.1, 0.15) is 12.2 Å². The van der Waals surface area contributed by atoms with Gasteiger partial charge in [-0.3, -0.25) is 19.0 Å². The molecule has 0 aliphatic heterocycles. The average Bonchev–Trinajstić information content (AvgIpc) is 2.74. The van der Waals surface area contributed by atoms with Crippen LogP contribution < -0.4 is 16.2 Å². The van der Waals surface area contributed by atoms with Crippen molar-refractivity contribution in [3.05, 3.63) is 98.9 Å². The minimum absolute atomic E-state index is 0.104. The smallest absolute Gasteiger partial charge is 0.268 e. The number of benzene rings is 2. The predicted molar refractivity (Wildman–Crippen MR) is 118 cm³/mol. The van der Waals surface area contributed by atoms with Crippen molar-refractivity contribution in [3.63, 3.8) is 0 Å². The lowest BCUT2D eigenvalue weighted by Gasteiger charge is -2.13. The van der Waals surface area contributed by atoms with E-state index in [0.29, 0.717) is 10.7 Å². The van der Waals surface area contributed by atoms with E-state index in [1.54, 1.807) is 24.3 Å². The standard InChI is InChI=1S/C23H22ClN3O3/c1-2-16-7-5-9-18(13-16)26-21(28)15-27-20(11-6-12-22(27)29)23(30)25-14-17-8-3-4-10-19(17)24/h3-13H,2,14-15H2,1H3,(H,25,30)(H,26,28). The van der Waals surface area contributed by atoms with Crippen LogP contribution in [0.25, 0.3) is 0 Å². The summed E-state index contributed by atoms with van der Waals surface area (Å²) in [6.07, 6.45) is 0.845. The van der Waals surface area contributed by atoms with Crippen molar-refractivity contribution >= 4 is 29.1 Å². The summed E-state index contributed by atoms with van der Waals surface area (Å²) >= 11 is 6.12. The van der Waals surface area contributed by atoms with Crippen LogP contribution in [-0.2, 0) is 24.3 Å². The number of carbonyl (C=O) groups is 2. The van der Waals surface area contributed by atoms with Crippen LogP contribution in [0.5, 0.6) is 0 Å². The molecule has 154 valence electrons. The monoisotopic (exact) mass is 423 g/mol. The van der Waals surface area contributed by atoms with Crippen LogP contribution in [0.2, 0.25) is 5.02 Å². The Bertz CT molecular complexity index is 1120. The molecule has 0 unspecified atom stereocenters. The maximum atomic E-state index is 12.7. The molecule has 2 N–H and O–H groups in total. The second-order valence-corrected chi connectivity index (χ2v) is 7.12. The van der Waals surface area contributed by atoms with Crippen LogP contribution in [0.4, 0.5) is 5.69 Å². The molecule has 0 saturated carbocycles. The highest BCUT2D eigenvalue weighted by molar-refractivity contribution is 6.31. The third-order valence-electron chi connectivity index (χ3n) is 4.60. The maximum Gasteiger partial charge on any atom is 0.268 e. The predicted octanol–water partition coefficient (Wildman–Crippen LogP) is 3.63. The molecule has 2 aromatic carbocycles. The zero-order valence-corrected chi connectivity index (χ0v) is 17.3. The zero-order chi connectivity index (χ0) is 21.5. The maximum absolute atomic E-state index is 12.7. The first-order chi connectivity index (χ1) is 14.5. The number of amides is 2. The van der Waals surface area contributed by atoms with Crippen LogP contribution in [-0.4, -0.2) is 16.4 Å². The lowest BCUT2D eigenvalue weighted by molar-refractivity contribution is -0.116. The van der Waals surface area contributed by atoms with E-state index in [1.165, 1.54) is 18.2 Å². The highest BCUT2D eigenvalue weighted by Gasteiger charge is 2.15. The molecule has 0 saturated heterocycles. The molecule has 0 atom stereocenters. The SMILES string of the molecule is CCc1cccc(NC(=O)Cn2c(C(=O)NCc3ccccc3Cl)cccc2=O)c1. The van der Waals surface area contributed by atoms with E-state index in [-0.39, 0.29) is 18.8 Å². The highest BCUT2D eigenvalue weighted by Crippen LogP contribution is 2.15. The number of hydrogen-bond acceptors (Lipinski definition) is 3. The fraction of sp³-hybridized carbons (Fsp3) is 0.174. The van der Waals surface area contributed by atoms with Gasteiger partial charge >= 0.3 is 0 Å². The molecule has 1 aromatic heterocycles. The number of carbonyl (C=O) groups excluding carboxylic acids is 2. The molecule has 0 spiro atoms. The van der Waals surface area contributed by atoms with Gasteiger partial charge < -0.3 is 10.6 Å². The highest BCUT2D eigenvalue weighted by atomic mass is 35.5. The van der Waals surface area contributed by atoms with Crippen molar-refractivity contribution < 1.29 is 9.59 Å². The number of hydrogen-bond donors (Lipinski definition) is 2. The first kappa shape index (κ1) is 21.3. The van der Waals surface area contributed by atoms with Gasteiger partial charge in [0.15, 0.2) is 0 Å². The van der Waals surface area contributed by atoms with Crippen molar-refractivity contribution in [2.24, 2.45) is 0 Å². The summed E-state index contributed by atoms with van der Waals surface area (Å²) in [4.78, 5) is 37.5. The van der Waals surface area contributed by atoms with Gasteiger partial charge in [0.05, 0.1) is 0 Å². The zero-order valence-electron chi connectivity index (χ0n) is 16.5. The summed E-state index contributed by atoms with van der Waals surface area (Å²) in [7, 11) is 0. The van der Waals surface area contributed by atoms with E-state index in [4.69, 9.17) is 11.6 Å². The largest absolute Gasteiger partial charge is 0.347 e. The molecule has 6 nitrogen and oxygen atoms in total. The Hall–Kier alpha value is -3.38. The van der Waals surface area contributed by atoms with Crippen molar-refractivity contribution in [3.8, 4) is 0 Å². The summed E-state index contributed by atoms with van der Waals surface area (Å²) in [5, 5.41) is 6.06. The third kappa shape index (κ3) is 5.36. The number of nitrogens with one attached hydrogen (secondary N) is 2. The van der Waals surface area contributed by atoms with Crippen LogP contribution >= 0.6 is 11.6 Å². The van der Waals surface area contributed by atoms with Gasteiger partial charge in [0.2, 0.25) is 5.91 Å². The number of aryl methyl sites for hydroxylation is 1. The summed E-state index contributed by atoms with van der Waals surface area (Å²) in [5.41, 5.74) is 2.16. The fourth-order valence-corrected chi connectivity index (χ4v) is 3.21. The number of rotatable bonds is 7. The minimum atomic E-state index is -0.464. The summed E-state index contributed by atoms with van der Waals surface area (Å²) in [6.45, 7) is 1.96. The van der Waals surface area contributed by atoms with E-state index >= 15 is 0 Å². The van der Waals surface area contributed by atoms with E-state index < -0.39 is 17.4 Å². The van der Waals surface area contributed by atoms with Crippen LogP contribution in [0, 0.1) is 0 Å². The topological polar surface area (TPSA) is 80.2 Å². The number of aromatic nitrogens is 1. The van der Waals surface area contributed by atoms with Crippen LogP contribution in [0.15, 0.2) is 71.5 Å². The molecule has 0 aliphatic carbocycles. The molecule has 0 radical (unpaired) electrons. The van der Waals surface area contributed by atoms with Crippen molar-refractivity contribution in [2.75, 3.05) is 5.32 Å². The quantitative estimate of drug-likeness (QED) is 0.609. The van der Waals surface area contributed by atoms with Crippen LogP contribution in [0.1, 0.15) is 28.5 Å². The number of nitrogens with zero attached hydrogens (tertiary/aromatic N) is 1. The molecule has 3 aromatic rings. The Balaban J connectivity index is 1.73. The summed E-state index contributed by atoms with van der Waals surface area (Å²) < 4.78 is 1.15. The van der Waals surface area contributed by atoms with Crippen molar-refractivity contribution in [2.45, 2.75) is 26.4 Å². The van der Waals surface area contributed by atoms with E-state index in [2.05, 4.69) is 10.6 Å². The molecule has 1 heterocycles. The molecule has 0 fully saturated rings. The average molecular weight is 424 g/mol. The minimum Gasteiger partial charge on any atom is -0.347 e. The Kier molecular flexibility index (Phi) is 7.03. The lowest BCUT2D eigenvalue weighted by Crippen LogP contribution is -2.34. The van der Waals surface area contributed by atoms with E-state index in [0.717, 1.165) is 22.1 Å². The number of pyridine rings is 1. The third-order valence-corrected chi connectivity index (χ3v) is 4.97. The molecule has 30 heavy (non-hydrogen) atoms. The van der Waals surface area contributed by atoms with Crippen molar-refractivity contribution in [1.29, 1.82) is 0 Å². The Labute approximate surface area is 179 Å². The second kappa shape index (κ2) is 9.89. The van der Waals surface area contributed by atoms with Gasteiger partial charge in [0.25, 0.3) is 11.5 Å². The summed E-state index contributed by atoms with van der Waals surface area (Å²) in [5.74, 6) is -0.856. The van der Waals surface area contributed by atoms with E-state index in [9.17, 15) is 14.4 Å². The Morgan fingerprint density at radius 3 is 2.53 bits per heavy atom. The van der Waals surface area contributed by atoms with E-state index in [1.807, 2.05) is 31.2 Å². The first-order valence-corrected chi connectivity index (χ1v) is 9.96. The Morgan fingerprint density at radius 2 is 1.77 bits per heavy atom. The normalized spacial score (nSPS) is 10.5. The molecule has 0 aliphatic rings. The van der Waals surface area contributed by atoms with Gasteiger partial charge in [-0.25, -0.2) is 0 Å². The molecule has 0 bridgehead atoms. The fourth-order valence-electron chi connectivity index (χ4n) is 3.00. The van der Waals surface area contributed by atoms with Gasteiger partial charge in [-0.15, -0.1) is 0 Å². The molecule has 7 heteroatoms. The number of halogens is 1. The lowest BCUT2D eigenvalue weighted by atomic mass is 10.1. The van der Waals surface area contributed by atoms with Gasteiger partial charge in [-0.1, -0.05) is 54.9 Å². The first-order valence-electron chi connectivity index (χ1n) is 9.58. The van der Waals surface area contributed by atoms with Crippen molar-refractivity contribution in [1.82, 2.24) is 9.88 Å². The van der Waals surface area contributed by atoms with Gasteiger partial charge in [-0.05, 0) is 41.8 Å². The number of anilines is 1. The second-order valence-electron chi connectivity index (χ2n) is 6.71.